The molecule has 0 radical (unpaired) electrons. The fourth-order valence-corrected chi connectivity index (χ4v) is 5.05. The molecule has 2 aliphatic rings. The Morgan fingerprint density at radius 2 is 1.79 bits per heavy atom. The number of halogens is 2. The normalized spacial score (nSPS) is 20.2. The molecular formula is C28H27F2N7O2. The zero-order valence-electron chi connectivity index (χ0n) is 21.7. The molecule has 3 atom stereocenters. The maximum atomic E-state index is 13.9. The van der Waals surface area contributed by atoms with Gasteiger partial charge in [0.2, 0.25) is 11.8 Å². The van der Waals surface area contributed by atoms with E-state index in [1.165, 1.54) is 10.7 Å². The number of hydrogen-bond donors (Lipinski definition) is 1. The van der Waals surface area contributed by atoms with Crippen molar-refractivity contribution in [3.05, 3.63) is 83.4 Å². The average molecular weight is 532 g/mol. The average Bonchev–Trinajstić information content (AvgIpc) is 3.22. The van der Waals surface area contributed by atoms with Crippen molar-refractivity contribution in [2.75, 3.05) is 13.1 Å². The van der Waals surface area contributed by atoms with Crippen molar-refractivity contribution in [3.8, 4) is 23.1 Å². The molecule has 11 heteroatoms. The molecule has 1 aliphatic carbocycles. The molecule has 2 N–H and O–H groups in total. The van der Waals surface area contributed by atoms with Gasteiger partial charge in [-0.2, -0.15) is 5.10 Å². The van der Waals surface area contributed by atoms with Gasteiger partial charge in [-0.1, -0.05) is 0 Å². The molecule has 9 nitrogen and oxygen atoms in total. The monoisotopic (exact) mass is 531 g/mol. The van der Waals surface area contributed by atoms with Crippen LogP contribution in [0.15, 0.2) is 55.0 Å². The van der Waals surface area contributed by atoms with Crippen LogP contribution in [-0.4, -0.2) is 54.7 Å². The third kappa shape index (κ3) is 4.74. The Morgan fingerprint density at radius 3 is 2.46 bits per heavy atom. The van der Waals surface area contributed by atoms with Crippen molar-refractivity contribution in [2.45, 2.75) is 32.4 Å². The molecule has 0 spiro atoms. The van der Waals surface area contributed by atoms with Crippen LogP contribution in [0.4, 0.5) is 8.78 Å². The van der Waals surface area contributed by atoms with Crippen LogP contribution in [0.2, 0.25) is 0 Å². The van der Waals surface area contributed by atoms with Gasteiger partial charge in [0.05, 0.1) is 17.0 Å². The smallest absolute Gasteiger partial charge is 0.257 e. The molecule has 0 bridgehead atoms. The number of aromatic nitrogens is 5. The molecule has 1 saturated carbocycles. The first-order chi connectivity index (χ1) is 18.6. The predicted octanol–water partition coefficient (Wildman–Crippen LogP) is 3.65. The molecule has 0 unspecified atom stereocenters. The number of piperidine rings is 1. The molecule has 1 aromatic carbocycles. The maximum Gasteiger partial charge on any atom is 0.257 e. The highest BCUT2D eigenvalue weighted by Gasteiger charge is 2.59. The van der Waals surface area contributed by atoms with Crippen LogP contribution in [0.3, 0.4) is 0 Å². The number of carbonyl (C=O) groups excluding carboxylic acids is 1. The Balaban J connectivity index is 1.17. The van der Waals surface area contributed by atoms with Crippen LogP contribution in [0.25, 0.3) is 17.2 Å². The highest BCUT2D eigenvalue weighted by atomic mass is 19.2. The number of amides is 1. The lowest BCUT2D eigenvalue weighted by molar-refractivity contribution is 0.0751. The number of aryl methyl sites for hydroxylation is 1. The van der Waals surface area contributed by atoms with Gasteiger partial charge in [-0.25, -0.2) is 28.4 Å². The van der Waals surface area contributed by atoms with E-state index in [0.717, 1.165) is 17.7 Å². The quantitative estimate of drug-likeness (QED) is 0.404. The zero-order valence-corrected chi connectivity index (χ0v) is 21.7. The molecule has 3 aromatic heterocycles. The van der Waals surface area contributed by atoms with Gasteiger partial charge in [0, 0.05) is 60.7 Å². The second-order valence-electron chi connectivity index (χ2n) is 10.7. The summed E-state index contributed by atoms with van der Waals surface area (Å²) in [6.45, 7) is 6.60. The van der Waals surface area contributed by atoms with Crippen molar-refractivity contribution in [1.82, 2.24) is 29.6 Å². The first-order valence-corrected chi connectivity index (χ1v) is 12.6. The molecule has 39 heavy (non-hydrogen) atoms. The molecule has 1 saturated heterocycles. The van der Waals surface area contributed by atoms with E-state index in [2.05, 4.69) is 20.1 Å². The largest absolute Gasteiger partial charge is 0.474 e. The highest BCUT2D eigenvalue weighted by Crippen LogP contribution is 2.48. The Bertz CT molecular complexity index is 1560. The van der Waals surface area contributed by atoms with Crippen LogP contribution in [0, 0.1) is 30.4 Å². The molecule has 2 fully saturated rings. The lowest BCUT2D eigenvalue weighted by atomic mass is 9.95. The first kappa shape index (κ1) is 25.1. The third-order valence-electron chi connectivity index (χ3n) is 7.31. The van der Waals surface area contributed by atoms with Crippen LogP contribution in [0.5, 0.6) is 5.88 Å². The molecule has 200 valence electrons. The van der Waals surface area contributed by atoms with Crippen LogP contribution < -0.4 is 10.5 Å². The topological polar surface area (TPSA) is 112 Å². The lowest BCUT2D eigenvalue weighted by Crippen LogP contribution is -2.33. The zero-order chi connectivity index (χ0) is 27.5. The van der Waals surface area contributed by atoms with E-state index in [-0.39, 0.29) is 23.8 Å². The fraction of sp³-hybridized carbons (Fsp3) is 0.321. The van der Waals surface area contributed by atoms with E-state index in [1.807, 2.05) is 18.7 Å². The second kappa shape index (κ2) is 9.19. The molecule has 6 rings (SSSR count). The Kier molecular flexibility index (Phi) is 5.91. The van der Waals surface area contributed by atoms with E-state index in [4.69, 9.17) is 10.5 Å². The molecule has 4 heterocycles. The minimum absolute atomic E-state index is 0.0914. The van der Waals surface area contributed by atoms with Crippen LogP contribution in [0.1, 0.15) is 35.5 Å². The number of benzene rings is 1. The van der Waals surface area contributed by atoms with Crippen LogP contribution in [-0.2, 0) is 5.54 Å². The summed E-state index contributed by atoms with van der Waals surface area (Å²) >= 11 is 0. The number of likely N-dealkylation sites (tertiary alicyclic amines) is 1. The first-order valence-electron chi connectivity index (χ1n) is 12.6. The number of fused-ring (bicyclic) bond motifs is 1. The summed E-state index contributed by atoms with van der Waals surface area (Å²) < 4.78 is 35.2. The third-order valence-corrected chi connectivity index (χ3v) is 7.31. The number of nitrogens with zero attached hydrogens (tertiary/aromatic N) is 6. The van der Waals surface area contributed by atoms with Gasteiger partial charge in [-0.3, -0.25) is 4.79 Å². The number of nitrogens with two attached hydrogens (primary N) is 1. The van der Waals surface area contributed by atoms with Crippen molar-refractivity contribution in [3.63, 3.8) is 0 Å². The van der Waals surface area contributed by atoms with Gasteiger partial charge >= 0.3 is 0 Å². The SMILES string of the molecule is Cc1nn(-c2ncccn2)cc1C(=O)N1C[C@@H]2[C@H](C1)[C@H]2Oc1cc(C(C)(C)N)cc(-c2ccc(F)c(F)c2)n1. The Hall–Kier alpha value is -4.25. The summed E-state index contributed by atoms with van der Waals surface area (Å²) in [5.74, 6) is -0.862. The Morgan fingerprint density at radius 1 is 1.08 bits per heavy atom. The molecular weight excluding hydrogens is 504 g/mol. The maximum absolute atomic E-state index is 13.9. The number of rotatable bonds is 6. The van der Waals surface area contributed by atoms with Crippen molar-refractivity contribution in [2.24, 2.45) is 17.6 Å². The molecule has 4 aromatic rings. The summed E-state index contributed by atoms with van der Waals surface area (Å²) in [6, 6.07) is 8.91. The van der Waals surface area contributed by atoms with Gasteiger partial charge < -0.3 is 15.4 Å². The fourth-order valence-electron chi connectivity index (χ4n) is 5.05. The van der Waals surface area contributed by atoms with Gasteiger partial charge in [0.25, 0.3) is 5.91 Å². The van der Waals surface area contributed by atoms with E-state index >= 15 is 0 Å². The summed E-state index contributed by atoms with van der Waals surface area (Å²) in [5.41, 5.74) is 8.38. The van der Waals surface area contributed by atoms with Crippen molar-refractivity contribution >= 4 is 5.91 Å². The summed E-state index contributed by atoms with van der Waals surface area (Å²) in [5, 5.41) is 4.40. The van der Waals surface area contributed by atoms with Crippen molar-refractivity contribution in [1.29, 1.82) is 0 Å². The minimum atomic E-state index is -0.951. The number of hydrogen-bond acceptors (Lipinski definition) is 7. The summed E-state index contributed by atoms with van der Waals surface area (Å²) in [7, 11) is 0. The Labute approximate surface area is 223 Å². The van der Waals surface area contributed by atoms with E-state index in [9.17, 15) is 13.6 Å². The number of ether oxygens (including phenoxy) is 1. The number of carbonyl (C=O) groups is 1. The highest BCUT2D eigenvalue weighted by molar-refractivity contribution is 5.95. The van der Waals surface area contributed by atoms with Gasteiger partial charge in [0.15, 0.2) is 11.6 Å². The van der Waals surface area contributed by atoms with E-state index in [1.54, 1.807) is 43.7 Å². The second-order valence-corrected chi connectivity index (χ2v) is 10.7. The number of pyridine rings is 1. The van der Waals surface area contributed by atoms with Gasteiger partial charge in [0.1, 0.15) is 6.10 Å². The van der Waals surface area contributed by atoms with Crippen molar-refractivity contribution < 1.29 is 18.3 Å². The van der Waals surface area contributed by atoms with Gasteiger partial charge in [-0.05, 0) is 56.7 Å². The summed E-state index contributed by atoms with van der Waals surface area (Å²) in [4.78, 5) is 28.0. The van der Waals surface area contributed by atoms with E-state index < -0.39 is 17.2 Å². The molecule has 1 amide bonds. The standard InChI is InChI=1S/C28H27F2N7O2/c1-15-18(14-37(35-15)27-32-7-4-8-33-27)26(38)36-12-19-20(13-36)25(19)39-24-11-17(28(2,3)31)10-23(34-24)16-5-6-21(29)22(30)9-16/h4-11,14,19-20,25H,12-13,31H2,1-3H3/t19-,20+,25+. The van der Waals surface area contributed by atoms with E-state index in [0.29, 0.717) is 47.4 Å². The van der Waals surface area contributed by atoms with Gasteiger partial charge in [-0.15, -0.1) is 0 Å². The van der Waals surface area contributed by atoms with Crippen LogP contribution >= 0.6 is 0 Å². The minimum Gasteiger partial charge on any atom is -0.474 e. The molecule has 1 aliphatic heterocycles. The lowest BCUT2D eigenvalue weighted by Gasteiger charge is -2.22. The predicted molar refractivity (Wildman–Crippen MR) is 138 cm³/mol. The summed E-state index contributed by atoms with van der Waals surface area (Å²) in [6.07, 6.45) is 4.80.